The summed E-state index contributed by atoms with van der Waals surface area (Å²) in [5.74, 6) is 1.44. The van der Waals surface area contributed by atoms with Crippen molar-refractivity contribution in [1.29, 1.82) is 0 Å². The Hall–Kier alpha value is -7.36. The van der Waals surface area contributed by atoms with Crippen LogP contribution in [-0.4, -0.2) is 141 Å². The Balaban J connectivity index is 0.000000350. The molecule has 4 atom stereocenters. The largest absolute Gasteiger partial charge is 0.459 e. The molecule has 368 valence electrons. The van der Waals surface area contributed by atoms with Gasteiger partial charge in [-0.15, -0.1) is 0 Å². The molecule has 0 bridgehead atoms. The highest BCUT2D eigenvalue weighted by atomic mass is 16.6. The lowest BCUT2D eigenvalue weighted by Crippen LogP contribution is -2.39. The quantitative estimate of drug-likeness (QED) is 0.0694. The van der Waals surface area contributed by atoms with Gasteiger partial charge < -0.3 is 98.7 Å². The maximum atomic E-state index is 11.7. The number of nitrogens with one attached hydrogen (secondary N) is 8. The Kier molecular flexibility index (Phi) is 24.0. The van der Waals surface area contributed by atoms with Crippen molar-refractivity contribution in [3.63, 3.8) is 0 Å². The van der Waals surface area contributed by atoms with Crippen LogP contribution in [0.5, 0.6) is 0 Å². The van der Waals surface area contributed by atoms with Gasteiger partial charge in [0.1, 0.15) is 49.5 Å². The highest BCUT2D eigenvalue weighted by molar-refractivity contribution is 5.71. The molecule has 66 heavy (non-hydrogen) atoms. The summed E-state index contributed by atoms with van der Waals surface area (Å²) >= 11 is 0. The van der Waals surface area contributed by atoms with Gasteiger partial charge in [0.2, 0.25) is 0 Å². The summed E-state index contributed by atoms with van der Waals surface area (Å²) in [5, 5.41) is 18.6. The van der Waals surface area contributed by atoms with Crippen LogP contribution < -0.4 is 42.5 Å². The number of furan rings is 2. The van der Waals surface area contributed by atoms with Gasteiger partial charge in [-0.2, -0.15) is 0 Å². The molecule has 0 aliphatic carbocycles. The molecule has 2 aliphatic heterocycles. The van der Waals surface area contributed by atoms with E-state index in [1.807, 2.05) is 0 Å². The number of amides is 8. The Morgan fingerprint density at radius 1 is 0.394 bits per heavy atom. The number of alkyl carbamates (subject to hydrolysis) is 8. The van der Waals surface area contributed by atoms with Crippen molar-refractivity contribution >= 4 is 48.7 Å². The second kappa shape index (κ2) is 29.9. The molecule has 0 aromatic carbocycles. The molecule has 0 spiro atoms. The van der Waals surface area contributed by atoms with E-state index >= 15 is 0 Å². The van der Waals surface area contributed by atoms with Crippen molar-refractivity contribution in [1.82, 2.24) is 42.5 Å². The Morgan fingerprint density at radius 3 is 0.894 bits per heavy atom. The lowest BCUT2D eigenvalue weighted by molar-refractivity contribution is -0.0204. The standard InChI is InChI=1S/C19H32N4O10.C19H24N4O10/c2*1-20-16(24)28-7-12-3-5-14(32-12)9-30-18(26)22-11-23-19(27)31-10-15-6-4-13(33-15)8-29-17(25)21-2/h12-15H,3-11H2,1-2H3,(H,20,24)(H,21,25)(H,22,26)(H,23,27);3-6H,7-11H2,1-2H3,(H,20,24)(H,21,25)(H,22,26)(H,23,27). The van der Waals surface area contributed by atoms with Gasteiger partial charge in [-0.05, 0) is 49.9 Å². The number of ether oxygens (including phenoxy) is 10. The molecule has 8 N–H and O–H groups in total. The average Bonchev–Trinajstić information content (AvgIpc) is 4.17. The fraction of sp³-hybridized carbons (Fsp3) is 0.579. The Labute approximate surface area is 377 Å². The minimum absolute atomic E-state index is 0.0383. The predicted octanol–water partition coefficient (Wildman–Crippen LogP) is 1.90. The van der Waals surface area contributed by atoms with Gasteiger partial charge >= 0.3 is 48.7 Å². The van der Waals surface area contributed by atoms with Gasteiger partial charge in [0, 0.05) is 28.2 Å². The first-order chi connectivity index (χ1) is 31.8. The van der Waals surface area contributed by atoms with Crippen molar-refractivity contribution in [2.75, 3.05) is 68.0 Å². The third kappa shape index (κ3) is 22.3. The average molecular weight is 945 g/mol. The smallest absolute Gasteiger partial charge is 0.408 e. The summed E-state index contributed by atoms with van der Waals surface area (Å²) in [5.41, 5.74) is 0. The Morgan fingerprint density at radius 2 is 0.621 bits per heavy atom. The lowest BCUT2D eigenvalue weighted by Gasteiger charge is -2.15. The lowest BCUT2D eigenvalue weighted by atomic mass is 10.2. The minimum atomic E-state index is -0.804. The van der Waals surface area contributed by atoms with Gasteiger partial charge in [0.25, 0.3) is 0 Å². The first kappa shape index (κ1) is 53.0. The zero-order valence-electron chi connectivity index (χ0n) is 36.7. The summed E-state index contributed by atoms with van der Waals surface area (Å²) in [4.78, 5) is 90.9. The molecule has 2 saturated heterocycles. The first-order valence-electron chi connectivity index (χ1n) is 20.3. The number of carbonyl (C=O) groups is 8. The summed E-state index contributed by atoms with van der Waals surface area (Å²) in [6.07, 6.45) is -3.65. The zero-order valence-corrected chi connectivity index (χ0v) is 36.7. The van der Waals surface area contributed by atoms with E-state index < -0.39 is 48.7 Å². The van der Waals surface area contributed by atoms with Crippen LogP contribution in [0.2, 0.25) is 0 Å². The zero-order chi connectivity index (χ0) is 48.1. The van der Waals surface area contributed by atoms with E-state index in [0.717, 1.165) is 0 Å². The molecule has 4 heterocycles. The molecule has 28 nitrogen and oxygen atoms in total. The van der Waals surface area contributed by atoms with Gasteiger partial charge in [0.05, 0.1) is 37.8 Å². The van der Waals surface area contributed by atoms with E-state index in [-0.39, 0.29) is 90.6 Å². The maximum absolute atomic E-state index is 11.7. The van der Waals surface area contributed by atoms with Crippen molar-refractivity contribution < 1.29 is 94.6 Å². The van der Waals surface area contributed by atoms with Crippen LogP contribution in [0.4, 0.5) is 38.4 Å². The molecule has 4 unspecified atom stereocenters. The maximum Gasteiger partial charge on any atom is 0.408 e. The normalized spacial score (nSPS) is 16.9. The molecule has 0 saturated carbocycles. The third-order valence-electron chi connectivity index (χ3n) is 8.56. The molecule has 4 rings (SSSR count). The third-order valence-corrected chi connectivity index (χ3v) is 8.56. The van der Waals surface area contributed by atoms with Crippen LogP contribution in [-0.2, 0) is 73.8 Å². The Bertz CT molecular complexity index is 1730. The van der Waals surface area contributed by atoms with Crippen LogP contribution in [0.3, 0.4) is 0 Å². The topological polar surface area (TPSA) is 351 Å². The summed E-state index contributed by atoms with van der Waals surface area (Å²) < 4.78 is 61.4. The van der Waals surface area contributed by atoms with Gasteiger partial charge in [0.15, 0.2) is 26.4 Å². The van der Waals surface area contributed by atoms with Crippen LogP contribution in [0.15, 0.2) is 33.1 Å². The fourth-order valence-corrected chi connectivity index (χ4v) is 5.30. The molecule has 8 amide bonds. The number of hydrogen-bond acceptors (Lipinski definition) is 20. The van der Waals surface area contributed by atoms with Crippen molar-refractivity contribution in [2.24, 2.45) is 0 Å². The minimum Gasteiger partial charge on any atom is -0.459 e. The second-order valence-electron chi connectivity index (χ2n) is 13.4. The molecule has 2 aromatic rings. The van der Waals surface area contributed by atoms with E-state index in [0.29, 0.717) is 48.7 Å². The summed E-state index contributed by atoms with van der Waals surface area (Å²) in [6, 6.07) is 6.29. The van der Waals surface area contributed by atoms with E-state index in [4.69, 9.17) is 56.2 Å². The van der Waals surface area contributed by atoms with E-state index in [2.05, 4.69) is 42.5 Å². The highest BCUT2D eigenvalue weighted by Crippen LogP contribution is 2.21. The molecule has 2 aliphatic rings. The first-order valence-corrected chi connectivity index (χ1v) is 20.3. The van der Waals surface area contributed by atoms with E-state index in [9.17, 15) is 38.4 Å². The molecular weight excluding hydrogens is 888 g/mol. The number of carbonyl (C=O) groups excluding carboxylic acids is 8. The number of hydrogen-bond donors (Lipinski definition) is 8. The predicted molar refractivity (Wildman–Crippen MR) is 218 cm³/mol. The molecular formula is C38H56N8O20. The molecule has 28 heteroatoms. The van der Waals surface area contributed by atoms with E-state index in [1.54, 1.807) is 24.3 Å². The fourth-order valence-electron chi connectivity index (χ4n) is 5.30. The molecule has 2 fully saturated rings. The number of rotatable bonds is 20. The molecule has 2 aromatic heterocycles. The van der Waals surface area contributed by atoms with Crippen molar-refractivity contribution in [2.45, 2.75) is 76.5 Å². The molecule has 0 radical (unpaired) electrons. The van der Waals surface area contributed by atoms with E-state index in [1.165, 1.54) is 28.2 Å². The van der Waals surface area contributed by atoms with Crippen LogP contribution >= 0.6 is 0 Å². The highest BCUT2D eigenvalue weighted by Gasteiger charge is 2.29. The van der Waals surface area contributed by atoms with Gasteiger partial charge in [-0.25, -0.2) is 38.4 Å². The van der Waals surface area contributed by atoms with Crippen molar-refractivity contribution in [3.8, 4) is 0 Å². The van der Waals surface area contributed by atoms with Crippen LogP contribution in [0.25, 0.3) is 0 Å². The van der Waals surface area contributed by atoms with Crippen molar-refractivity contribution in [3.05, 3.63) is 47.3 Å². The van der Waals surface area contributed by atoms with Crippen LogP contribution in [0.1, 0.15) is 48.7 Å². The van der Waals surface area contributed by atoms with Gasteiger partial charge in [-0.3, -0.25) is 0 Å². The second-order valence-corrected chi connectivity index (χ2v) is 13.4. The SMILES string of the molecule is CNC(=O)OCC1CCC(COC(=O)NCNC(=O)OCC2CCC(COC(=O)NC)O2)O1.CNC(=O)OCc1ccc(COC(=O)NCNC(=O)OCc2ccc(COC(=O)NC)o2)o1. The van der Waals surface area contributed by atoms with Gasteiger partial charge in [-0.1, -0.05) is 0 Å². The monoisotopic (exact) mass is 944 g/mol. The summed E-state index contributed by atoms with van der Waals surface area (Å²) in [6.45, 7) is -0.559. The van der Waals surface area contributed by atoms with Crippen LogP contribution in [0, 0.1) is 0 Å². The summed E-state index contributed by atoms with van der Waals surface area (Å²) in [7, 11) is 5.80.